The maximum absolute atomic E-state index is 12.3. The molecular weight excluding hydrogens is 316 g/mol. The van der Waals surface area contributed by atoms with E-state index in [1.165, 1.54) is 13.0 Å². The summed E-state index contributed by atoms with van der Waals surface area (Å²) in [5.74, 6) is -0.169. The summed E-state index contributed by atoms with van der Waals surface area (Å²) in [4.78, 5) is 24.9. The molecule has 0 atom stereocenters. The Morgan fingerprint density at radius 3 is 2.04 bits per heavy atom. The van der Waals surface area contributed by atoms with Crippen molar-refractivity contribution in [1.29, 1.82) is 0 Å². The Morgan fingerprint density at radius 2 is 1.40 bits per heavy atom. The molecule has 0 saturated carbocycles. The number of nitro groups is 1. The van der Waals surface area contributed by atoms with Crippen LogP contribution in [0.25, 0.3) is 11.1 Å². The lowest BCUT2D eigenvalue weighted by atomic mass is 10.0. The number of para-hydroxylation sites is 3. The molecular formula is C20H16N2O3. The minimum absolute atomic E-state index is 0.00603. The summed E-state index contributed by atoms with van der Waals surface area (Å²) in [7, 11) is 0. The molecule has 3 aromatic rings. The van der Waals surface area contributed by atoms with Gasteiger partial charge in [-0.1, -0.05) is 48.5 Å². The minimum atomic E-state index is -0.410. The van der Waals surface area contributed by atoms with Crippen LogP contribution >= 0.6 is 0 Å². The van der Waals surface area contributed by atoms with Crippen LogP contribution in [0.5, 0.6) is 0 Å². The molecule has 0 fully saturated rings. The third kappa shape index (κ3) is 3.26. The van der Waals surface area contributed by atoms with Crippen LogP contribution in [0.4, 0.5) is 17.1 Å². The standard InChI is InChI=1S/C20H16N2O3/c1-15(23)21(16-9-3-2-4-10-16)19-13-7-5-11-17(19)18-12-6-8-14-20(18)22(24)25/h2-14H,1H3. The molecule has 3 aromatic carbocycles. The number of benzene rings is 3. The lowest BCUT2D eigenvalue weighted by Crippen LogP contribution is -2.23. The second kappa shape index (κ2) is 6.97. The van der Waals surface area contributed by atoms with Crippen LogP contribution in [-0.4, -0.2) is 10.8 Å². The van der Waals surface area contributed by atoms with Crippen molar-refractivity contribution in [1.82, 2.24) is 0 Å². The highest BCUT2D eigenvalue weighted by Gasteiger charge is 2.22. The summed E-state index contributed by atoms with van der Waals surface area (Å²) in [6.45, 7) is 1.48. The zero-order chi connectivity index (χ0) is 17.8. The van der Waals surface area contributed by atoms with Gasteiger partial charge in [-0.2, -0.15) is 0 Å². The molecule has 0 aliphatic heterocycles. The van der Waals surface area contributed by atoms with E-state index in [0.29, 0.717) is 22.5 Å². The van der Waals surface area contributed by atoms with E-state index in [4.69, 9.17) is 0 Å². The predicted molar refractivity (Wildman–Crippen MR) is 97.8 cm³/mol. The van der Waals surface area contributed by atoms with E-state index in [-0.39, 0.29) is 11.6 Å². The number of amides is 1. The van der Waals surface area contributed by atoms with Crippen LogP contribution in [0, 0.1) is 10.1 Å². The topological polar surface area (TPSA) is 63.5 Å². The van der Waals surface area contributed by atoms with Gasteiger partial charge in [0.05, 0.1) is 16.2 Å². The van der Waals surface area contributed by atoms with Gasteiger partial charge in [-0.3, -0.25) is 19.8 Å². The molecule has 0 radical (unpaired) electrons. The van der Waals surface area contributed by atoms with E-state index >= 15 is 0 Å². The second-order valence-corrected chi connectivity index (χ2v) is 5.48. The normalized spacial score (nSPS) is 10.3. The van der Waals surface area contributed by atoms with Crippen molar-refractivity contribution in [2.24, 2.45) is 0 Å². The summed E-state index contributed by atoms with van der Waals surface area (Å²) in [6, 6.07) is 23.0. The first-order valence-electron chi connectivity index (χ1n) is 7.78. The number of hydrogen-bond donors (Lipinski definition) is 0. The highest BCUT2D eigenvalue weighted by Crippen LogP contribution is 2.39. The highest BCUT2D eigenvalue weighted by molar-refractivity contribution is 6.03. The number of carbonyl (C=O) groups excluding carboxylic acids is 1. The van der Waals surface area contributed by atoms with Crippen molar-refractivity contribution < 1.29 is 9.72 Å². The Morgan fingerprint density at radius 1 is 0.840 bits per heavy atom. The van der Waals surface area contributed by atoms with E-state index in [2.05, 4.69) is 0 Å². The van der Waals surface area contributed by atoms with Gasteiger partial charge >= 0.3 is 0 Å². The number of nitro benzene ring substituents is 1. The fourth-order valence-corrected chi connectivity index (χ4v) is 2.82. The summed E-state index contributed by atoms with van der Waals surface area (Å²) >= 11 is 0. The van der Waals surface area contributed by atoms with Crippen LogP contribution in [0.1, 0.15) is 6.92 Å². The van der Waals surface area contributed by atoms with Gasteiger partial charge < -0.3 is 0 Å². The first kappa shape index (κ1) is 16.4. The van der Waals surface area contributed by atoms with Crippen molar-refractivity contribution in [2.45, 2.75) is 6.92 Å². The molecule has 0 unspecified atom stereocenters. The van der Waals surface area contributed by atoms with Crippen LogP contribution in [0.2, 0.25) is 0 Å². The van der Waals surface area contributed by atoms with Gasteiger partial charge in [0, 0.05) is 24.2 Å². The lowest BCUT2D eigenvalue weighted by Gasteiger charge is -2.24. The molecule has 5 heteroatoms. The van der Waals surface area contributed by atoms with Gasteiger partial charge in [0.2, 0.25) is 5.91 Å². The van der Waals surface area contributed by atoms with Gasteiger partial charge in [0.1, 0.15) is 0 Å². The molecule has 0 spiro atoms. The molecule has 0 aliphatic carbocycles. The fourth-order valence-electron chi connectivity index (χ4n) is 2.82. The Labute approximate surface area is 145 Å². The van der Waals surface area contributed by atoms with E-state index in [0.717, 1.165) is 0 Å². The molecule has 1 amide bonds. The van der Waals surface area contributed by atoms with Crippen molar-refractivity contribution in [3.05, 3.63) is 89.0 Å². The Hall–Kier alpha value is -3.47. The summed E-state index contributed by atoms with van der Waals surface area (Å²) in [5, 5.41) is 11.4. The SMILES string of the molecule is CC(=O)N(c1ccccc1)c1ccccc1-c1ccccc1[N+](=O)[O-]. The van der Waals surface area contributed by atoms with Gasteiger partial charge in [-0.05, 0) is 24.3 Å². The van der Waals surface area contributed by atoms with E-state index in [1.54, 1.807) is 41.3 Å². The number of anilines is 2. The number of carbonyl (C=O) groups is 1. The van der Waals surface area contributed by atoms with Crippen LogP contribution in [-0.2, 0) is 4.79 Å². The minimum Gasteiger partial charge on any atom is -0.281 e. The van der Waals surface area contributed by atoms with Crippen LogP contribution in [0.15, 0.2) is 78.9 Å². The van der Waals surface area contributed by atoms with E-state index in [1.807, 2.05) is 36.4 Å². The third-order valence-electron chi connectivity index (χ3n) is 3.87. The average molecular weight is 332 g/mol. The van der Waals surface area contributed by atoms with Crippen LogP contribution < -0.4 is 4.90 Å². The lowest BCUT2D eigenvalue weighted by molar-refractivity contribution is -0.384. The predicted octanol–water partition coefficient (Wildman–Crippen LogP) is 4.95. The third-order valence-corrected chi connectivity index (χ3v) is 3.87. The fraction of sp³-hybridized carbons (Fsp3) is 0.0500. The molecule has 0 saturated heterocycles. The van der Waals surface area contributed by atoms with Crippen molar-refractivity contribution in [2.75, 3.05) is 4.90 Å². The molecule has 3 rings (SSSR count). The average Bonchev–Trinajstić information content (AvgIpc) is 2.63. The van der Waals surface area contributed by atoms with E-state index < -0.39 is 4.92 Å². The van der Waals surface area contributed by atoms with Crippen molar-refractivity contribution >= 4 is 23.0 Å². The van der Waals surface area contributed by atoms with Crippen molar-refractivity contribution in [3.63, 3.8) is 0 Å². The molecule has 0 N–H and O–H groups in total. The zero-order valence-corrected chi connectivity index (χ0v) is 13.6. The van der Waals surface area contributed by atoms with Gasteiger partial charge in [0.15, 0.2) is 0 Å². The smallest absolute Gasteiger partial charge is 0.277 e. The Balaban J connectivity index is 2.23. The molecule has 25 heavy (non-hydrogen) atoms. The zero-order valence-electron chi connectivity index (χ0n) is 13.6. The first-order chi connectivity index (χ1) is 12.1. The molecule has 0 heterocycles. The number of hydrogen-bond acceptors (Lipinski definition) is 3. The van der Waals surface area contributed by atoms with Crippen molar-refractivity contribution in [3.8, 4) is 11.1 Å². The van der Waals surface area contributed by atoms with Crippen LogP contribution in [0.3, 0.4) is 0 Å². The largest absolute Gasteiger partial charge is 0.281 e. The molecule has 0 aliphatic rings. The van der Waals surface area contributed by atoms with Gasteiger partial charge in [-0.15, -0.1) is 0 Å². The summed E-state index contributed by atoms with van der Waals surface area (Å²) < 4.78 is 0. The Bertz CT molecular complexity index is 923. The number of rotatable bonds is 4. The highest BCUT2D eigenvalue weighted by atomic mass is 16.6. The summed E-state index contributed by atoms with van der Waals surface area (Å²) in [5.41, 5.74) is 2.43. The Kier molecular flexibility index (Phi) is 4.57. The maximum atomic E-state index is 12.3. The quantitative estimate of drug-likeness (QED) is 0.502. The summed E-state index contributed by atoms with van der Waals surface area (Å²) in [6.07, 6.45) is 0. The monoisotopic (exact) mass is 332 g/mol. The van der Waals surface area contributed by atoms with Gasteiger partial charge in [-0.25, -0.2) is 0 Å². The molecule has 0 aromatic heterocycles. The maximum Gasteiger partial charge on any atom is 0.277 e. The molecule has 5 nitrogen and oxygen atoms in total. The van der Waals surface area contributed by atoms with Gasteiger partial charge in [0.25, 0.3) is 5.69 Å². The second-order valence-electron chi connectivity index (χ2n) is 5.48. The number of nitrogens with zero attached hydrogens (tertiary/aromatic N) is 2. The molecule has 0 bridgehead atoms. The molecule has 124 valence electrons. The first-order valence-corrected chi connectivity index (χ1v) is 7.78. The van der Waals surface area contributed by atoms with E-state index in [9.17, 15) is 14.9 Å².